The van der Waals surface area contributed by atoms with Gasteiger partial charge in [0.1, 0.15) is 5.60 Å². The van der Waals surface area contributed by atoms with E-state index >= 15 is 0 Å². The van der Waals surface area contributed by atoms with Crippen LogP contribution in [0, 0.1) is 0 Å². The molecule has 0 bridgehead atoms. The molecule has 66 valence electrons. The Morgan fingerprint density at radius 3 is 2.83 bits per heavy atom. The minimum atomic E-state index is -0.749. The Kier molecular flexibility index (Phi) is 1.49. The highest BCUT2D eigenvalue weighted by Gasteiger charge is 2.43. The van der Waals surface area contributed by atoms with E-state index < -0.39 is 5.60 Å². The van der Waals surface area contributed by atoms with Crippen LogP contribution in [0.4, 0.5) is 0 Å². The molecular weight excluding hydrogens is 154 g/mol. The Balaban J connectivity index is 2.20. The van der Waals surface area contributed by atoms with E-state index in [1.165, 1.54) is 0 Å². The summed E-state index contributed by atoms with van der Waals surface area (Å²) in [6.07, 6.45) is 4.79. The van der Waals surface area contributed by atoms with Gasteiger partial charge in [-0.1, -0.05) is 0 Å². The lowest BCUT2D eigenvalue weighted by atomic mass is 9.74. The maximum atomic E-state index is 9.91. The van der Waals surface area contributed by atoms with Gasteiger partial charge in [0, 0.05) is 19.3 Å². The molecular formula is C8H13N3O. The second kappa shape index (κ2) is 2.31. The maximum absolute atomic E-state index is 9.91. The van der Waals surface area contributed by atoms with Crippen LogP contribution in [0.15, 0.2) is 12.5 Å². The van der Waals surface area contributed by atoms with Crippen molar-refractivity contribution in [2.75, 3.05) is 0 Å². The zero-order valence-corrected chi connectivity index (χ0v) is 7.07. The van der Waals surface area contributed by atoms with Crippen molar-refractivity contribution in [2.45, 2.75) is 24.5 Å². The second-order valence-corrected chi connectivity index (χ2v) is 3.62. The number of hydrogen-bond donors (Lipinski definition) is 2. The Morgan fingerprint density at radius 1 is 1.75 bits per heavy atom. The molecule has 0 aliphatic heterocycles. The molecule has 4 nitrogen and oxygen atoms in total. The monoisotopic (exact) mass is 167 g/mol. The van der Waals surface area contributed by atoms with Crippen LogP contribution in [0.5, 0.6) is 0 Å². The molecule has 0 amide bonds. The summed E-state index contributed by atoms with van der Waals surface area (Å²) in [6, 6.07) is 0.136. The third-order valence-corrected chi connectivity index (χ3v) is 2.38. The van der Waals surface area contributed by atoms with Crippen molar-refractivity contribution in [1.29, 1.82) is 0 Å². The van der Waals surface area contributed by atoms with Crippen LogP contribution in [0.2, 0.25) is 0 Å². The van der Waals surface area contributed by atoms with Crippen molar-refractivity contribution in [3.63, 3.8) is 0 Å². The highest BCUT2D eigenvalue weighted by atomic mass is 16.3. The van der Waals surface area contributed by atoms with Crippen LogP contribution in [0.1, 0.15) is 18.5 Å². The van der Waals surface area contributed by atoms with Gasteiger partial charge < -0.3 is 15.4 Å². The molecule has 1 aromatic rings. The third kappa shape index (κ3) is 1.04. The Bertz CT molecular complexity index is 288. The van der Waals surface area contributed by atoms with Crippen LogP contribution in [-0.4, -0.2) is 20.7 Å². The van der Waals surface area contributed by atoms with Gasteiger partial charge in [-0.3, -0.25) is 0 Å². The molecule has 0 aromatic carbocycles. The lowest BCUT2D eigenvalue weighted by Gasteiger charge is -2.40. The first-order valence-electron chi connectivity index (χ1n) is 4.06. The van der Waals surface area contributed by atoms with Gasteiger partial charge in [0.15, 0.2) is 0 Å². The standard InChI is InChI=1S/C8H13N3O/c1-11-4-7(10-5-11)8(12)2-6(9)3-8/h4-6,12H,2-3,9H2,1H3. The molecule has 1 heterocycles. The average Bonchev–Trinajstić information content (AvgIpc) is 2.33. The minimum Gasteiger partial charge on any atom is -0.383 e. The van der Waals surface area contributed by atoms with Crippen molar-refractivity contribution in [1.82, 2.24) is 9.55 Å². The van der Waals surface area contributed by atoms with Gasteiger partial charge in [-0.2, -0.15) is 0 Å². The number of hydrogen-bond acceptors (Lipinski definition) is 3. The highest BCUT2D eigenvalue weighted by molar-refractivity contribution is 5.15. The van der Waals surface area contributed by atoms with Crippen molar-refractivity contribution in [3.8, 4) is 0 Å². The average molecular weight is 167 g/mol. The topological polar surface area (TPSA) is 64.1 Å². The molecule has 12 heavy (non-hydrogen) atoms. The summed E-state index contributed by atoms with van der Waals surface area (Å²) in [7, 11) is 1.89. The van der Waals surface area contributed by atoms with Gasteiger partial charge in [-0.05, 0) is 12.8 Å². The summed E-state index contributed by atoms with van der Waals surface area (Å²) in [5, 5.41) is 9.91. The molecule has 0 atom stereocenters. The molecule has 0 radical (unpaired) electrons. The zero-order valence-electron chi connectivity index (χ0n) is 7.07. The number of rotatable bonds is 1. The van der Waals surface area contributed by atoms with Gasteiger partial charge in [0.25, 0.3) is 0 Å². The summed E-state index contributed by atoms with van der Waals surface area (Å²) in [4.78, 5) is 4.10. The van der Waals surface area contributed by atoms with E-state index in [1.54, 1.807) is 6.33 Å². The predicted octanol–water partition coefficient (Wildman–Crippen LogP) is -0.271. The van der Waals surface area contributed by atoms with E-state index in [4.69, 9.17) is 5.73 Å². The molecule has 1 aliphatic carbocycles. The quantitative estimate of drug-likeness (QED) is 0.605. The normalized spacial score (nSPS) is 34.8. The summed E-state index contributed by atoms with van der Waals surface area (Å²) in [5.74, 6) is 0. The van der Waals surface area contributed by atoms with Gasteiger partial charge in [-0.15, -0.1) is 0 Å². The number of nitrogens with two attached hydrogens (primary N) is 1. The van der Waals surface area contributed by atoms with Crippen molar-refractivity contribution in [2.24, 2.45) is 12.8 Å². The Labute approximate surface area is 71.0 Å². The number of imidazole rings is 1. The number of aryl methyl sites for hydroxylation is 1. The molecule has 1 aliphatic rings. The summed E-state index contributed by atoms with van der Waals surface area (Å²) >= 11 is 0. The number of aliphatic hydroxyl groups is 1. The van der Waals surface area contributed by atoms with E-state index in [-0.39, 0.29) is 6.04 Å². The van der Waals surface area contributed by atoms with Crippen LogP contribution in [-0.2, 0) is 12.6 Å². The smallest absolute Gasteiger partial charge is 0.111 e. The minimum absolute atomic E-state index is 0.136. The third-order valence-electron chi connectivity index (χ3n) is 2.38. The maximum Gasteiger partial charge on any atom is 0.111 e. The zero-order chi connectivity index (χ0) is 8.77. The fourth-order valence-electron chi connectivity index (χ4n) is 1.67. The molecule has 3 N–H and O–H groups in total. The van der Waals surface area contributed by atoms with Gasteiger partial charge >= 0.3 is 0 Å². The summed E-state index contributed by atoms with van der Waals surface area (Å²) in [6.45, 7) is 0. The molecule has 4 heteroatoms. The second-order valence-electron chi connectivity index (χ2n) is 3.62. The molecule has 0 spiro atoms. The van der Waals surface area contributed by atoms with E-state index in [1.807, 2.05) is 17.8 Å². The lowest BCUT2D eigenvalue weighted by molar-refractivity contribution is -0.0557. The molecule has 2 rings (SSSR count). The van der Waals surface area contributed by atoms with E-state index in [2.05, 4.69) is 4.98 Å². The van der Waals surface area contributed by atoms with Crippen molar-refractivity contribution >= 4 is 0 Å². The molecule has 0 unspecified atom stereocenters. The summed E-state index contributed by atoms with van der Waals surface area (Å²) < 4.78 is 1.83. The summed E-state index contributed by atoms with van der Waals surface area (Å²) in [5.41, 5.74) is 5.60. The van der Waals surface area contributed by atoms with Crippen LogP contribution in [0.3, 0.4) is 0 Å². The first-order chi connectivity index (χ1) is 5.60. The Morgan fingerprint density at radius 2 is 2.42 bits per heavy atom. The molecule has 0 saturated heterocycles. The Hall–Kier alpha value is -0.870. The molecule has 1 fully saturated rings. The fraction of sp³-hybridized carbons (Fsp3) is 0.625. The first kappa shape index (κ1) is 7.76. The van der Waals surface area contributed by atoms with E-state index in [9.17, 15) is 5.11 Å². The number of nitrogens with zero attached hydrogens (tertiary/aromatic N) is 2. The van der Waals surface area contributed by atoms with Crippen LogP contribution in [0.25, 0.3) is 0 Å². The van der Waals surface area contributed by atoms with Gasteiger partial charge in [-0.25, -0.2) is 4.98 Å². The van der Waals surface area contributed by atoms with Crippen LogP contribution < -0.4 is 5.73 Å². The molecule has 1 saturated carbocycles. The number of aromatic nitrogens is 2. The fourth-order valence-corrected chi connectivity index (χ4v) is 1.67. The van der Waals surface area contributed by atoms with Gasteiger partial charge in [0.2, 0.25) is 0 Å². The predicted molar refractivity (Wildman–Crippen MR) is 44.3 cm³/mol. The largest absolute Gasteiger partial charge is 0.383 e. The van der Waals surface area contributed by atoms with E-state index in [0.717, 1.165) is 5.69 Å². The van der Waals surface area contributed by atoms with Gasteiger partial charge in [0.05, 0.1) is 12.0 Å². The van der Waals surface area contributed by atoms with Crippen LogP contribution >= 0.6 is 0 Å². The highest BCUT2D eigenvalue weighted by Crippen LogP contribution is 2.39. The first-order valence-corrected chi connectivity index (χ1v) is 4.06. The lowest BCUT2D eigenvalue weighted by Crippen LogP contribution is -2.49. The molecule has 1 aromatic heterocycles. The van der Waals surface area contributed by atoms with Crippen molar-refractivity contribution in [3.05, 3.63) is 18.2 Å². The van der Waals surface area contributed by atoms with Crippen molar-refractivity contribution < 1.29 is 5.11 Å². The van der Waals surface area contributed by atoms with E-state index in [0.29, 0.717) is 12.8 Å². The SMILES string of the molecule is Cn1cnc(C2(O)CC(N)C2)c1.